The van der Waals surface area contributed by atoms with Gasteiger partial charge in [-0.15, -0.1) is 0 Å². The Kier molecular flexibility index (Phi) is 3.89. The number of ether oxygens (including phenoxy) is 1. The maximum Gasteiger partial charge on any atom is 0.494 e. The van der Waals surface area contributed by atoms with Crippen molar-refractivity contribution >= 4 is 12.6 Å². The molecular formula is C20H24BNO3. The van der Waals surface area contributed by atoms with E-state index in [1.54, 1.807) is 0 Å². The third-order valence-corrected chi connectivity index (χ3v) is 5.44. The van der Waals surface area contributed by atoms with E-state index in [4.69, 9.17) is 14.0 Å². The van der Waals surface area contributed by atoms with Gasteiger partial charge in [-0.2, -0.15) is 0 Å². The van der Waals surface area contributed by atoms with Crippen molar-refractivity contribution in [1.29, 1.82) is 0 Å². The summed E-state index contributed by atoms with van der Waals surface area (Å²) in [5.41, 5.74) is 1.63. The Bertz CT molecular complexity index is 736. The average molecular weight is 337 g/mol. The highest BCUT2D eigenvalue weighted by atomic mass is 16.7. The first kappa shape index (κ1) is 16.6. The van der Waals surface area contributed by atoms with E-state index in [9.17, 15) is 0 Å². The van der Waals surface area contributed by atoms with Gasteiger partial charge in [-0.25, -0.2) is 4.98 Å². The van der Waals surface area contributed by atoms with E-state index < -0.39 is 0 Å². The lowest BCUT2D eigenvalue weighted by Gasteiger charge is -2.32. The van der Waals surface area contributed by atoms with E-state index in [1.165, 1.54) is 18.4 Å². The van der Waals surface area contributed by atoms with Gasteiger partial charge in [-0.3, -0.25) is 0 Å². The zero-order valence-corrected chi connectivity index (χ0v) is 15.3. The molecule has 4 nitrogen and oxygen atoms in total. The summed E-state index contributed by atoms with van der Waals surface area (Å²) in [6.45, 7) is 8.23. The first-order valence-electron chi connectivity index (χ1n) is 8.93. The highest BCUT2D eigenvalue weighted by molar-refractivity contribution is 6.62. The maximum atomic E-state index is 6.07. The first-order valence-corrected chi connectivity index (χ1v) is 8.93. The minimum Gasteiger partial charge on any atom is -0.439 e. The van der Waals surface area contributed by atoms with Crippen LogP contribution in [-0.4, -0.2) is 23.3 Å². The van der Waals surface area contributed by atoms with Gasteiger partial charge >= 0.3 is 7.12 Å². The number of pyridine rings is 1. The molecule has 1 aliphatic carbocycles. The molecule has 1 saturated heterocycles. The van der Waals surface area contributed by atoms with E-state index in [1.807, 2.05) is 36.5 Å². The zero-order chi connectivity index (χ0) is 17.7. The molecular weight excluding hydrogens is 313 g/mol. The van der Waals surface area contributed by atoms with Crippen molar-refractivity contribution in [3.63, 3.8) is 0 Å². The normalized spacial score (nSPS) is 21.4. The second-order valence-electron chi connectivity index (χ2n) is 7.96. The third kappa shape index (κ3) is 3.31. The lowest BCUT2D eigenvalue weighted by molar-refractivity contribution is 0.00578. The molecule has 0 radical (unpaired) electrons. The largest absolute Gasteiger partial charge is 0.494 e. The molecule has 1 aliphatic heterocycles. The number of hydrogen-bond donors (Lipinski definition) is 0. The minimum absolute atomic E-state index is 0.333. The summed E-state index contributed by atoms with van der Waals surface area (Å²) in [7, 11) is -0.352. The Hall–Kier alpha value is -1.85. The summed E-state index contributed by atoms with van der Waals surface area (Å²) < 4.78 is 18.0. The van der Waals surface area contributed by atoms with Crippen LogP contribution in [0.25, 0.3) is 0 Å². The monoisotopic (exact) mass is 337 g/mol. The molecule has 0 amide bonds. The second kappa shape index (κ2) is 5.85. The van der Waals surface area contributed by atoms with Crippen molar-refractivity contribution in [3.05, 3.63) is 48.2 Å². The number of aromatic nitrogens is 1. The Labute approximate surface area is 149 Å². The van der Waals surface area contributed by atoms with Crippen molar-refractivity contribution in [2.45, 2.75) is 57.7 Å². The fourth-order valence-electron chi connectivity index (χ4n) is 2.90. The smallest absolute Gasteiger partial charge is 0.439 e. The van der Waals surface area contributed by atoms with Crippen LogP contribution in [0.1, 0.15) is 52.0 Å². The SMILES string of the molecule is CC1(C)OB(c2ccc(Oc3ccc(C4CC4)cn3)cc2)OC1(C)C. The quantitative estimate of drug-likeness (QED) is 0.789. The minimum atomic E-state index is -0.352. The molecule has 1 saturated carbocycles. The number of benzene rings is 1. The summed E-state index contributed by atoms with van der Waals surface area (Å²) in [5, 5.41) is 0. The van der Waals surface area contributed by atoms with Crippen molar-refractivity contribution < 1.29 is 14.0 Å². The molecule has 2 aliphatic rings. The molecule has 1 aromatic carbocycles. The molecule has 2 fully saturated rings. The summed E-state index contributed by atoms with van der Waals surface area (Å²) in [6.07, 6.45) is 4.48. The fourth-order valence-corrected chi connectivity index (χ4v) is 2.90. The second-order valence-corrected chi connectivity index (χ2v) is 7.96. The number of nitrogens with zero attached hydrogens (tertiary/aromatic N) is 1. The van der Waals surface area contributed by atoms with Crippen LogP contribution >= 0.6 is 0 Å². The molecule has 0 bridgehead atoms. The molecule has 5 heteroatoms. The Morgan fingerprint density at radius 3 is 2.12 bits per heavy atom. The fraction of sp³-hybridized carbons (Fsp3) is 0.450. The molecule has 130 valence electrons. The van der Waals surface area contributed by atoms with E-state index in [2.05, 4.69) is 38.7 Å². The van der Waals surface area contributed by atoms with Gasteiger partial charge in [0.05, 0.1) is 11.2 Å². The summed E-state index contributed by atoms with van der Waals surface area (Å²) in [5.74, 6) is 2.08. The topological polar surface area (TPSA) is 40.6 Å². The standard InChI is InChI=1S/C20H24BNO3/c1-19(2)20(3,4)25-21(24-19)16-8-10-17(11-9-16)23-18-12-7-15(13-22-18)14-5-6-14/h7-14H,5-6H2,1-4H3. The van der Waals surface area contributed by atoms with Gasteiger partial charge in [0.2, 0.25) is 5.88 Å². The Morgan fingerprint density at radius 2 is 1.60 bits per heavy atom. The molecule has 4 rings (SSSR count). The van der Waals surface area contributed by atoms with Crippen LogP contribution in [0.4, 0.5) is 0 Å². The predicted octanol–water partition coefficient (Wildman–Crippen LogP) is 4.05. The first-order chi connectivity index (χ1) is 11.8. The third-order valence-electron chi connectivity index (χ3n) is 5.44. The van der Waals surface area contributed by atoms with Crippen molar-refractivity contribution in [1.82, 2.24) is 4.98 Å². The van der Waals surface area contributed by atoms with Crippen LogP contribution in [0.3, 0.4) is 0 Å². The van der Waals surface area contributed by atoms with Crippen molar-refractivity contribution in [2.24, 2.45) is 0 Å². The Morgan fingerprint density at radius 1 is 0.960 bits per heavy atom. The maximum absolute atomic E-state index is 6.07. The molecule has 0 N–H and O–H groups in total. The molecule has 0 unspecified atom stereocenters. The van der Waals surface area contributed by atoms with E-state index in [0.717, 1.165) is 11.2 Å². The molecule has 2 heterocycles. The lowest BCUT2D eigenvalue weighted by atomic mass is 9.79. The lowest BCUT2D eigenvalue weighted by Crippen LogP contribution is -2.41. The molecule has 25 heavy (non-hydrogen) atoms. The van der Waals surface area contributed by atoms with E-state index >= 15 is 0 Å². The van der Waals surface area contributed by atoms with Gasteiger partial charge in [0.1, 0.15) is 5.75 Å². The van der Waals surface area contributed by atoms with Crippen LogP contribution in [-0.2, 0) is 9.31 Å². The van der Waals surface area contributed by atoms with Gasteiger partial charge in [0.25, 0.3) is 0 Å². The van der Waals surface area contributed by atoms with Gasteiger partial charge in [-0.05, 0) is 69.6 Å². The van der Waals surface area contributed by atoms with E-state index in [-0.39, 0.29) is 18.3 Å². The van der Waals surface area contributed by atoms with E-state index in [0.29, 0.717) is 11.8 Å². The number of rotatable bonds is 4. The summed E-state index contributed by atoms with van der Waals surface area (Å²) >= 11 is 0. The summed E-state index contributed by atoms with van der Waals surface area (Å²) in [6, 6.07) is 11.9. The summed E-state index contributed by atoms with van der Waals surface area (Å²) in [4.78, 5) is 4.40. The molecule has 1 aromatic heterocycles. The highest BCUT2D eigenvalue weighted by Gasteiger charge is 2.51. The highest BCUT2D eigenvalue weighted by Crippen LogP contribution is 2.40. The molecule has 2 aromatic rings. The Balaban J connectivity index is 1.43. The molecule has 0 spiro atoms. The number of hydrogen-bond acceptors (Lipinski definition) is 4. The van der Waals surface area contributed by atoms with Crippen LogP contribution < -0.4 is 10.2 Å². The predicted molar refractivity (Wildman–Crippen MR) is 98.4 cm³/mol. The van der Waals surface area contributed by atoms with Gasteiger partial charge in [-0.1, -0.05) is 18.2 Å². The zero-order valence-electron chi connectivity index (χ0n) is 15.3. The van der Waals surface area contributed by atoms with Crippen molar-refractivity contribution in [3.8, 4) is 11.6 Å². The van der Waals surface area contributed by atoms with Crippen LogP contribution in [0.5, 0.6) is 11.6 Å². The van der Waals surface area contributed by atoms with Crippen LogP contribution in [0.15, 0.2) is 42.6 Å². The van der Waals surface area contributed by atoms with Crippen LogP contribution in [0.2, 0.25) is 0 Å². The molecule has 0 atom stereocenters. The van der Waals surface area contributed by atoms with Crippen LogP contribution in [0, 0.1) is 0 Å². The van der Waals surface area contributed by atoms with Gasteiger partial charge in [0, 0.05) is 12.3 Å². The van der Waals surface area contributed by atoms with Gasteiger partial charge < -0.3 is 14.0 Å². The average Bonchev–Trinajstić information content (AvgIpc) is 3.37. The van der Waals surface area contributed by atoms with Crippen molar-refractivity contribution in [2.75, 3.05) is 0 Å². The van der Waals surface area contributed by atoms with Gasteiger partial charge in [0.15, 0.2) is 0 Å².